The number of carboxylic acids is 1. The number of aliphatic carboxylic acids is 1. The van der Waals surface area contributed by atoms with Crippen molar-refractivity contribution in [3.05, 3.63) is 47.1 Å². The summed E-state index contributed by atoms with van der Waals surface area (Å²) in [6.45, 7) is 1.73. The number of nitrogens with one attached hydrogen (secondary N) is 1. The number of rotatable bonds is 8. The normalized spacial score (nSPS) is 12.9. The molecule has 0 saturated carbocycles. The summed E-state index contributed by atoms with van der Waals surface area (Å²) in [6, 6.07) is 8.90. The van der Waals surface area contributed by atoms with Crippen molar-refractivity contribution in [2.24, 2.45) is 0 Å². The van der Waals surface area contributed by atoms with E-state index in [0.717, 1.165) is 16.9 Å². The molecular formula is C15H18N2O4S2. The lowest BCUT2D eigenvalue weighted by atomic mass is 10.0. The molecule has 8 heteroatoms. The van der Waals surface area contributed by atoms with Gasteiger partial charge in [-0.1, -0.05) is 30.3 Å². The molecule has 0 aliphatic heterocycles. The van der Waals surface area contributed by atoms with Crippen LogP contribution in [0.15, 0.2) is 40.7 Å². The van der Waals surface area contributed by atoms with Crippen molar-refractivity contribution in [2.45, 2.75) is 36.4 Å². The molecule has 1 aromatic carbocycles. The fourth-order valence-electron chi connectivity index (χ4n) is 2.14. The van der Waals surface area contributed by atoms with E-state index < -0.39 is 22.0 Å². The molecule has 0 aliphatic rings. The second-order valence-corrected chi connectivity index (χ2v) is 8.31. The van der Waals surface area contributed by atoms with Gasteiger partial charge in [0.2, 0.25) is 0 Å². The second kappa shape index (κ2) is 7.67. The maximum atomic E-state index is 12.4. The monoisotopic (exact) mass is 354 g/mol. The van der Waals surface area contributed by atoms with Crippen molar-refractivity contribution in [3.8, 4) is 0 Å². The molecule has 6 nitrogen and oxygen atoms in total. The topological polar surface area (TPSA) is 96.4 Å². The molecule has 1 atom stereocenters. The van der Waals surface area contributed by atoms with Crippen LogP contribution in [0.3, 0.4) is 0 Å². The molecule has 0 aliphatic carbocycles. The van der Waals surface area contributed by atoms with Crippen molar-refractivity contribution in [3.63, 3.8) is 0 Å². The zero-order valence-electron chi connectivity index (χ0n) is 12.6. The third kappa shape index (κ3) is 5.42. The number of hydrogen-bond acceptors (Lipinski definition) is 5. The number of benzene rings is 1. The SMILES string of the molecule is Cc1ncc(S(=O)(=O)NC(CCC(=O)O)Cc2ccccc2)s1. The van der Waals surface area contributed by atoms with Crippen LogP contribution in [0.25, 0.3) is 0 Å². The summed E-state index contributed by atoms with van der Waals surface area (Å²) in [5.41, 5.74) is 0.950. The average molecular weight is 354 g/mol. The lowest BCUT2D eigenvalue weighted by molar-refractivity contribution is -0.137. The second-order valence-electron chi connectivity index (χ2n) is 5.14. The van der Waals surface area contributed by atoms with Crippen LogP contribution in [0.5, 0.6) is 0 Å². The molecule has 2 N–H and O–H groups in total. The summed E-state index contributed by atoms with van der Waals surface area (Å²) in [7, 11) is -3.69. The third-order valence-electron chi connectivity index (χ3n) is 3.22. The predicted octanol–water partition coefficient (Wildman–Crippen LogP) is 2.21. The van der Waals surface area contributed by atoms with Crippen molar-refractivity contribution < 1.29 is 18.3 Å². The molecule has 23 heavy (non-hydrogen) atoms. The highest BCUT2D eigenvalue weighted by molar-refractivity contribution is 7.91. The Hall–Kier alpha value is -1.77. The van der Waals surface area contributed by atoms with E-state index in [1.807, 2.05) is 30.3 Å². The number of sulfonamides is 1. The smallest absolute Gasteiger partial charge is 0.303 e. The van der Waals surface area contributed by atoms with Gasteiger partial charge in [-0.15, -0.1) is 11.3 Å². The molecule has 0 fully saturated rings. The van der Waals surface area contributed by atoms with Crippen molar-refractivity contribution in [1.29, 1.82) is 0 Å². The maximum absolute atomic E-state index is 12.4. The molecule has 1 unspecified atom stereocenters. The van der Waals surface area contributed by atoms with Gasteiger partial charge in [0, 0.05) is 12.5 Å². The fourth-order valence-corrected chi connectivity index (χ4v) is 4.54. The molecule has 1 heterocycles. The van der Waals surface area contributed by atoms with Gasteiger partial charge >= 0.3 is 5.97 Å². The number of thiazole rings is 1. The van der Waals surface area contributed by atoms with E-state index in [1.165, 1.54) is 6.20 Å². The van der Waals surface area contributed by atoms with Crippen molar-refractivity contribution in [2.75, 3.05) is 0 Å². The van der Waals surface area contributed by atoms with Gasteiger partial charge in [-0.05, 0) is 25.3 Å². The van der Waals surface area contributed by atoms with Gasteiger partial charge in [0.05, 0.1) is 11.2 Å². The number of aryl methyl sites for hydroxylation is 1. The first kappa shape index (κ1) is 17.6. The molecule has 1 aromatic heterocycles. The summed E-state index contributed by atoms with van der Waals surface area (Å²) in [4.78, 5) is 14.8. The van der Waals surface area contributed by atoms with Crippen LogP contribution < -0.4 is 4.72 Å². The quantitative estimate of drug-likeness (QED) is 0.757. The van der Waals surface area contributed by atoms with Crippen molar-refractivity contribution >= 4 is 27.3 Å². The Morgan fingerprint density at radius 2 is 2.04 bits per heavy atom. The van der Waals surface area contributed by atoms with Crippen LogP contribution in [-0.2, 0) is 21.2 Å². The van der Waals surface area contributed by atoms with Crippen LogP contribution in [0.2, 0.25) is 0 Å². The summed E-state index contributed by atoms with van der Waals surface area (Å²) in [6.07, 6.45) is 1.88. The Labute approximate surface area is 139 Å². The van der Waals surface area contributed by atoms with Gasteiger partial charge in [-0.3, -0.25) is 4.79 Å². The minimum atomic E-state index is -3.69. The zero-order chi connectivity index (χ0) is 16.9. The van der Waals surface area contributed by atoms with E-state index in [-0.39, 0.29) is 17.1 Å². The first-order chi connectivity index (χ1) is 10.9. The highest BCUT2D eigenvalue weighted by Gasteiger charge is 2.23. The molecular weight excluding hydrogens is 336 g/mol. The fraction of sp³-hybridized carbons (Fsp3) is 0.333. The molecule has 2 rings (SSSR count). The van der Waals surface area contributed by atoms with Gasteiger partial charge in [-0.2, -0.15) is 0 Å². The summed E-state index contributed by atoms with van der Waals surface area (Å²) in [5.74, 6) is -0.948. The summed E-state index contributed by atoms with van der Waals surface area (Å²) >= 11 is 1.09. The molecule has 0 saturated heterocycles. The number of aromatic nitrogens is 1. The van der Waals surface area contributed by atoms with Gasteiger partial charge < -0.3 is 5.11 Å². The van der Waals surface area contributed by atoms with Crippen LogP contribution in [-0.4, -0.2) is 30.5 Å². The van der Waals surface area contributed by atoms with E-state index in [2.05, 4.69) is 9.71 Å². The molecule has 2 aromatic rings. The predicted molar refractivity (Wildman–Crippen MR) is 88.0 cm³/mol. The first-order valence-corrected chi connectivity index (χ1v) is 9.37. The summed E-state index contributed by atoms with van der Waals surface area (Å²) in [5, 5.41) is 9.52. The van der Waals surface area contributed by atoms with E-state index >= 15 is 0 Å². The number of nitrogens with zero attached hydrogens (tertiary/aromatic N) is 1. The van der Waals surface area contributed by atoms with Gasteiger partial charge in [0.25, 0.3) is 10.0 Å². The Kier molecular flexibility index (Phi) is 5.86. The average Bonchev–Trinajstić information content (AvgIpc) is 2.93. The standard InChI is InChI=1S/C15H18N2O4S2/c1-11-16-10-15(22-11)23(20,21)17-13(7-8-14(18)19)9-12-5-3-2-4-6-12/h2-6,10,13,17H,7-9H2,1H3,(H,18,19). The molecule has 124 valence electrons. The molecule has 0 radical (unpaired) electrons. The number of carbonyl (C=O) groups is 1. The largest absolute Gasteiger partial charge is 0.481 e. The lowest BCUT2D eigenvalue weighted by Gasteiger charge is -2.17. The van der Waals surface area contributed by atoms with Crippen molar-refractivity contribution in [1.82, 2.24) is 9.71 Å². The van der Waals surface area contributed by atoms with Gasteiger partial charge in [0.15, 0.2) is 4.21 Å². The number of carboxylic acid groups (broad SMARTS) is 1. The minimum Gasteiger partial charge on any atom is -0.481 e. The highest BCUT2D eigenvalue weighted by Crippen LogP contribution is 2.19. The van der Waals surface area contributed by atoms with E-state index in [1.54, 1.807) is 6.92 Å². The van der Waals surface area contributed by atoms with Crippen LogP contribution >= 0.6 is 11.3 Å². The highest BCUT2D eigenvalue weighted by atomic mass is 32.2. The molecule has 0 spiro atoms. The Morgan fingerprint density at radius 3 is 2.61 bits per heavy atom. The van der Waals surface area contributed by atoms with E-state index in [4.69, 9.17) is 5.11 Å². The van der Waals surface area contributed by atoms with Gasteiger partial charge in [0.1, 0.15) is 0 Å². The Balaban J connectivity index is 2.14. The zero-order valence-corrected chi connectivity index (χ0v) is 14.2. The van der Waals surface area contributed by atoms with Crippen LogP contribution in [0, 0.1) is 6.92 Å². The number of hydrogen-bond donors (Lipinski definition) is 2. The molecule has 0 amide bonds. The maximum Gasteiger partial charge on any atom is 0.303 e. The first-order valence-electron chi connectivity index (χ1n) is 7.07. The van der Waals surface area contributed by atoms with E-state index in [9.17, 15) is 13.2 Å². The lowest BCUT2D eigenvalue weighted by Crippen LogP contribution is -2.36. The Bertz CT molecular complexity index is 757. The minimum absolute atomic E-state index is 0.0955. The van der Waals surface area contributed by atoms with E-state index in [0.29, 0.717) is 11.4 Å². The Morgan fingerprint density at radius 1 is 1.35 bits per heavy atom. The summed E-state index contributed by atoms with van der Waals surface area (Å²) < 4.78 is 27.6. The van der Waals surface area contributed by atoms with Gasteiger partial charge in [-0.25, -0.2) is 18.1 Å². The van der Waals surface area contributed by atoms with Crippen LogP contribution in [0.4, 0.5) is 0 Å². The van der Waals surface area contributed by atoms with Crippen LogP contribution in [0.1, 0.15) is 23.4 Å². The third-order valence-corrected chi connectivity index (χ3v) is 6.11. The molecule has 0 bridgehead atoms.